The van der Waals surface area contributed by atoms with E-state index in [9.17, 15) is 4.79 Å². The minimum absolute atomic E-state index is 0.348. The van der Waals surface area contributed by atoms with Gasteiger partial charge < -0.3 is 10.1 Å². The van der Waals surface area contributed by atoms with Gasteiger partial charge >= 0.3 is 6.09 Å². The lowest BCUT2D eigenvalue weighted by molar-refractivity contribution is 0.0521. The average Bonchev–Trinajstić information content (AvgIpc) is 2.38. The van der Waals surface area contributed by atoms with Crippen LogP contribution in [0.15, 0.2) is 30.3 Å². The quantitative estimate of drug-likeness (QED) is 0.837. The summed E-state index contributed by atoms with van der Waals surface area (Å²) in [4.78, 5) is 13.9. The zero-order chi connectivity index (χ0) is 15.7. The van der Waals surface area contributed by atoms with Crippen LogP contribution in [0.4, 0.5) is 4.79 Å². The molecule has 1 rings (SSSR count). The van der Waals surface area contributed by atoms with E-state index in [2.05, 4.69) is 41.4 Å². The Morgan fingerprint density at radius 3 is 2.43 bits per heavy atom. The second-order valence-electron chi connectivity index (χ2n) is 6.19. The Morgan fingerprint density at radius 1 is 1.19 bits per heavy atom. The second-order valence-corrected chi connectivity index (χ2v) is 6.19. The van der Waals surface area contributed by atoms with Crippen LogP contribution in [0.5, 0.6) is 0 Å². The molecular weight excluding hydrogens is 264 g/mol. The molecule has 118 valence electrons. The number of hydrogen-bond acceptors (Lipinski definition) is 3. The van der Waals surface area contributed by atoms with Crippen molar-refractivity contribution in [2.45, 2.75) is 46.3 Å². The van der Waals surface area contributed by atoms with Gasteiger partial charge in [-0.3, -0.25) is 4.90 Å². The third-order valence-electron chi connectivity index (χ3n) is 2.89. The molecule has 0 aliphatic heterocycles. The average molecular weight is 292 g/mol. The van der Waals surface area contributed by atoms with Gasteiger partial charge in [0.2, 0.25) is 0 Å². The van der Waals surface area contributed by atoms with Gasteiger partial charge in [0.05, 0.1) is 0 Å². The van der Waals surface area contributed by atoms with Crippen LogP contribution in [-0.4, -0.2) is 36.2 Å². The molecule has 0 saturated carbocycles. The number of nitrogens with one attached hydrogen (secondary N) is 1. The van der Waals surface area contributed by atoms with Crippen LogP contribution in [0.1, 0.15) is 39.7 Å². The summed E-state index contributed by atoms with van der Waals surface area (Å²) in [5.74, 6) is 0. The van der Waals surface area contributed by atoms with Crippen LogP contribution in [0.3, 0.4) is 0 Å². The maximum Gasteiger partial charge on any atom is 0.407 e. The van der Waals surface area contributed by atoms with Crippen LogP contribution in [0.2, 0.25) is 0 Å². The topological polar surface area (TPSA) is 41.6 Å². The SMILES string of the molecule is CCCN(CCNC(=O)OC(C)(C)C)Cc1ccccc1. The monoisotopic (exact) mass is 292 g/mol. The van der Waals surface area contributed by atoms with E-state index in [0.717, 1.165) is 26.1 Å². The van der Waals surface area contributed by atoms with E-state index in [-0.39, 0.29) is 6.09 Å². The molecule has 0 aromatic heterocycles. The van der Waals surface area contributed by atoms with Gasteiger partial charge in [0.1, 0.15) is 5.60 Å². The summed E-state index contributed by atoms with van der Waals surface area (Å²) in [6.45, 7) is 11.1. The van der Waals surface area contributed by atoms with Gasteiger partial charge in [0, 0.05) is 19.6 Å². The number of ether oxygens (including phenoxy) is 1. The number of carbonyl (C=O) groups is 1. The lowest BCUT2D eigenvalue weighted by Crippen LogP contribution is -2.38. The minimum atomic E-state index is -0.447. The zero-order valence-electron chi connectivity index (χ0n) is 13.7. The summed E-state index contributed by atoms with van der Waals surface area (Å²) in [6.07, 6.45) is 0.748. The molecule has 0 aliphatic carbocycles. The fourth-order valence-electron chi connectivity index (χ4n) is 2.06. The number of alkyl carbamates (subject to hydrolysis) is 1. The first kappa shape index (κ1) is 17.5. The van der Waals surface area contributed by atoms with Crippen molar-refractivity contribution in [3.05, 3.63) is 35.9 Å². The number of benzene rings is 1. The van der Waals surface area contributed by atoms with E-state index in [1.807, 2.05) is 26.8 Å². The van der Waals surface area contributed by atoms with E-state index in [0.29, 0.717) is 6.54 Å². The highest BCUT2D eigenvalue weighted by Crippen LogP contribution is 2.07. The summed E-state index contributed by atoms with van der Waals surface area (Å²) >= 11 is 0. The van der Waals surface area contributed by atoms with Crippen molar-refractivity contribution in [1.29, 1.82) is 0 Å². The van der Waals surface area contributed by atoms with Gasteiger partial charge in [-0.25, -0.2) is 4.79 Å². The molecule has 1 amide bonds. The largest absolute Gasteiger partial charge is 0.444 e. The molecule has 1 aromatic rings. The van der Waals surface area contributed by atoms with Crippen LogP contribution in [-0.2, 0) is 11.3 Å². The Bertz CT molecular complexity index is 413. The number of amides is 1. The number of carbonyl (C=O) groups excluding carboxylic acids is 1. The molecule has 0 bridgehead atoms. The summed E-state index contributed by atoms with van der Waals surface area (Å²) in [5, 5.41) is 2.81. The lowest BCUT2D eigenvalue weighted by Gasteiger charge is -2.23. The highest BCUT2D eigenvalue weighted by molar-refractivity contribution is 5.67. The molecule has 0 atom stereocenters. The van der Waals surface area contributed by atoms with Crippen molar-refractivity contribution in [1.82, 2.24) is 10.2 Å². The third-order valence-corrected chi connectivity index (χ3v) is 2.89. The molecule has 4 heteroatoms. The van der Waals surface area contributed by atoms with Gasteiger partial charge in [-0.1, -0.05) is 37.3 Å². The minimum Gasteiger partial charge on any atom is -0.444 e. The summed E-state index contributed by atoms with van der Waals surface area (Å²) in [6, 6.07) is 10.4. The van der Waals surface area contributed by atoms with E-state index in [4.69, 9.17) is 4.74 Å². The van der Waals surface area contributed by atoms with Gasteiger partial charge in [-0.2, -0.15) is 0 Å². The molecule has 1 aromatic carbocycles. The van der Waals surface area contributed by atoms with Crippen molar-refractivity contribution in [2.24, 2.45) is 0 Å². The fraction of sp³-hybridized carbons (Fsp3) is 0.588. The lowest BCUT2D eigenvalue weighted by atomic mass is 10.2. The Balaban J connectivity index is 2.36. The van der Waals surface area contributed by atoms with E-state index in [1.165, 1.54) is 5.56 Å². The highest BCUT2D eigenvalue weighted by Gasteiger charge is 2.15. The molecule has 0 aliphatic rings. The molecule has 1 N–H and O–H groups in total. The first-order valence-corrected chi connectivity index (χ1v) is 7.64. The van der Waals surface area contributed by atoms with Gasteiger partial charge in [0.15, 0.2) is 0 Å². The van der Waals surface area contributed by atoms with E-state index < -0.39 is 5.60 Å². The van der Waals surface area contributed by atoms with Crippen LogP contribution in [0, 0.1) is 0 Å². The molecular formula is C17H28N2O2. The Morgan fingerprint density at radius 2 is 1.86 bits per heavy atom. The van der Waals surface area contributed by atoms with Crippen LogP contribution < -0.4 is 5.32 Å². The first-order valence-electron chi connectivity index (χ1n) is 7.64. The van der Waals surface area contributed by atoms with Gasteiger partial charge in [-0.15, -0.1) is 0 Å². The second kappa shape index (κ2) is 8.67. The molecule has 0 spiro atoms. The van der Waals surface area contributed by atoms with Crippen molar-refractivity contribution < 1.29 is 9.53 Å². The molecule has 0 saturated heterocycles. The third kappa shape index (κ3) is 8.35. The number of hydrogen-bond donors (Lipinski definition) is 1. The van der Waals surface area contributed by atoms with Crippen molar-refractivity contribution in [3.63, 3.8) is 0 Å². The summed E-state index contributed by atoms with van der Waals surface area (Å²) in [7, 11) is 0. The Kier molecular flexibility index (Phi) is 7.23. The highest BCUT2D eigenvalue weighted by atomic mass is 16.6. The number of rotatable bonds is 7. The standard InChI is InChI=1S/C17H28N2O2/c1-5-12-19(14-15-9-7-6-8-10-15)13-11-18-16(20)21-17(2,3)4/h6-10H,5,11-14H2,1-4H3,(H,18,20). The van der Waals surface area contributed by atoms with Crippen LogP contribution >= 0.6 is 0 Å². The maximum absolute atomic E-state index is 11.6. The molecule has 0 fully saturated rings. The summed E-state index contributed by atoms with van der Waals surface area (Å²) < 4.78 is 5.23. The van der Waals surface area contributed by atoms with Crippen molar-refractivity contribution >= 4 is 6.09 Å². The molecule has 4 nitrogen and oxygen atoms in total. The predicted molar refractivity (Wildman–Crippen MR) is 86.2 cm³/mol. The molecule has 0 unspecified atom stereocenters. The van der Waals surface area contributed by atoms with E-state index in [1.54, 1.807) is 0 Å². The van der Waals surface area contributed by atoms with E-state index >= 15 is 0 Å². The smallest absolute Gasteiger partial charge is 0.407 e. The van der Waals surface area contributed by atoms with Crippen molar-refractivity contribution in [2.75, 3.05) is 19.6 Å². The predicted octanol–water partition coefficient (Wildman–Crippen LogP) is 3.42. The molecule has 0 heterocycles. The maximum atomic E-state index is 11.6. The van der Waals surface area contributed by atoms with Gasteiger partial charge in [-0.05, 0) is 39.3 Å². The normalized spacial score (nSPS) is 11.5. The number of nitrogens with zero attached hydrogens (tertiary/aromatic N) is 1. The fourth-order valence-corrected chi connectivity index (χ4v) is 2.06. The molecule has 0 radical (unpaired) electrons. The Hall–Kier alpha value is -1.55. The van der Waals surface area contributed by atoms with Crippen molar-refractivity contribution in [3.8, 4) is 0 Å². The van der Waals surface area contributed by atoms with Crippen LogP contribution in [0.25, 0.3) is 0 Å². The first-order chi connectivity index (χ1) is 9.90. The van der Waals surface area contributed by atoms with Gasteiger partial charge in [0.25, 0.3) is 0 Å². The Labute approximate surface area is 128 Å². The summed E-state index contributed by atoms with van der Waals surface area (Å²) in [5.41, 5.74) is 0.847. The zero-order valence-corrected chi connectivity index (χ0v) is 13.7. The molecule has 21 heavy (non-hydrogen) atoms.